The van der Waals surface area contributed by atoms with E-state index in [1.807, 2.05) is 55.5 Å². The molecule has 5 nitrogen and oxygen atoms in total. The van der Waals surface area contributed by atoms with Crippen molar-refractivity contribution in [1.29, 1.82) is 0 Å². The zero-order valence-electron chi connectivity index (χ0n) is 15.2. The van der Waals surface area contributed by atoms with Crippen molar-refractivity contribution in [2.75, 3.05) is 18.0 Å². The molecule has 0 unspecified atom stereocenters. The molecule has 1 aliphatic rings. The molecule has 136 valence electrons. The van der Waals surface area contributed by atoms with Gasteiger partial charge in [-0.25, -0.2) is 14.8 Å². The maximum absolute atomic E-state index is 11.5. The molecule has 0 radical (unpaired) electrons. The highest BCUT2D eigenvalue weighted by Gasteiger charge is 2.28. The van der Waals surface area contributed by atoms with Crippen LogP contribution in [-0.2, 0) is 0 Å². The van der Waals surface area contributed by atoms with Crippen molar-refractivity contribution in [3.05, 3.63) is 77.5 Å². The van der Waals surface area contributed by atoms with Crippen molar-refractivity contribution in [2.24, 2.45) is 0 Å². The van der Waals surface area contributed by atoms with E-state index in [0.29, 0.717) is 5.56 Å². The van der Waals surface area contributed by atoms with Gasteiger partial charge in [-0.15, -0.1) is 0 Å². The van der Waals surface area contributed by atoms with Crippen LogP contribution in [0.5, 0.6) is 0 Å². The van der Waals surface area contributed by atoms with Crippen LogP contribution < -0.4 is 4.90 Å². The number of nitrogens with zero attached hydrogens (tertiary/aromatic N) is 3. The summed E-state index contributed by atoms with van der Waals surface area (Å²) in [6.07, 6.45) is 0.911. The molecule has 27 heavy (non-hydrogen) atoms. The first-order valence-corrected chi connectivity index (χ1v) is 9.10. The van der Waals surface area contributed by atoms with Gasteiger partial charge in [-0.2, -0.15) is 0 Å². The minimum Gasteiger partial charge on any atom is -0.478 e. The van der Waals surface area contributed by atoms with Crippen LogP contribution in [0.2, 0.25) is 0 Å². The van der Waals surface area contributed by atoms with E-state index in [0.717, 1.165) is 48.0 Å². The maximum Gasteiger partial charge on any atom is 0.335 e. The molecule has 5 heteroatoms. The zero-order chi connectivity index (χ0) is 18.8. The average molecular weight is 359 g/mol. The predicted molar refractivity (Wildman–Crippen MR) is 105 cm³/mol. The van der Waals surface area contributed by atoms with Crippen LogP contribution in [0.4, 0.5) is 5.82 Å². The molecule has 0 saturated carbocycles. The Morgan fingerprint density at radius 3 is 2.59 bits per heavy atom. The maximum atomic E-state index is 11.5. The number of hydrogen-bond donors (Lipinski definition) is 1. The first-order chi connectivity index (χ1) is 13.1. The Hall–Kier alpha value is -3.21. The SMILES string of the molecule is Cc1cc(N2CC[C@@H](c3ccccc3C(=O)O)C2)nc(-c2ccccc2)n1. The second-order valence-corrected chi connectivity index (χ2v) is 6.88. The van der Waals surface area contributed by atoms with Crippen LogP contribution in [0.1, 0.15) is 34.0 Å². The van der Waals surface area contributed by atoms with Gasteiger partial charge < -0.3 is 10.0 Å². The highest BCUT2D eigenvalue weighted by atomic mass is 16.4. The fourth-order valence-electron chi connectivity index (χ4n) is 3.70. The molecule has 1 aliphatic heterocycles. The van der Waals surface area contributed by atoms with E-state index in [4.69, 9.17) is 4.98 Å². The molecule has 1 N–H and O–H groups in total. The summed E-state index contributed by atoms with van der Waals surface area (Å²) in [6, 6.07) is 19.3. The molecule has 2 heterocycles. The van der Waals surface area contributed by atoms with E-state index in [-0.39, 0.29) is 5.92 Å². The van der Waals surface area contributed by atoms with Crippen molar-refractivity contribution < 1.29 is 9.90 Å². The van der Waals surface area contributed by atoms with Crippen LogP contribution in [-0.4, -0.2) is 34.1 Å². The fourth-order valence-corrected chi connectivity index (χ4v) is 3.70. The zero-order valence-corrected chi connectivity index (χ0v) is 15.2. The normalized spacial score (nSPS) is 16.5. The van der Waals surface area contributed by atoms with Gasteiger partial charge in [0.05, 0.1) is 5.56 Å². The average Bonchev–Trinajstić information content (AvgIpc) is 3.18. The summed E-state index contributed by atoms with van der Waals surface area (Å²) in [6.45, 7) is 3.59. The first kappa shape index (κ1) is 17.2. The minimum absolute atomic E-state index is 0.188. The lowest BCUT2D eigenvalue weighted by molar-refractivity contribution is 0.0695. The van der Waals surface area contributed by atoms with Crippen molar-refractivity contribution in [3.63, 3.8) is 0 Å². The third-order valence-electron chi connectivity index (χ3n) is 5.02. The summed E-state index contributed by atoms with van der Waals surface area (Å²) in [5, 5.41) is 9.47. The quantitative estimate of drug-likeness (QED) is 0.758. The second kappa shape index (κ2) is 7.19. The molecule has 1 fully saturated rings. The van der Waals surface area contributed by atoms with E-state index in [1.165, 1.54) is 0 Å². The van der Waals surface area contributed by atoms with Crippen molar-refractivity contribution in [2.45, 2.75) is 19.3 Å². The smallest absolute Gasteiger partial charge is 0.335 e. The van der Waals surface area contributed by atoms with Crippen LogP contribution in [0.25, 0.3) is 11.4 Å². The van der Waals surface area contributed by atoms with E-state index < -0.39 is 5.97 Å². The number of aryl methyl sites for hydroxylation is 1. The Morgan fingerprint density at radius 2 is 1.81 bits per heavy atom. The number of carboxylic acid groups (broad SMARTS) is 1. The molecule has 1 aromatic heterocycles. The highest BCUT2D eigenvalue weighted by molar-refractivity contribution is 5.89. The fraction of sp³-hybridized carbons (Fsp3) is 0.227. The standard InChI is InChI=1S/C22H21N3O2/c1-15-13-20(24-21(23-15)16-7-3-2-4-8-16)25-12-11-17(14-25)18-9-5-6-10-19(18)22(26)27/h2-10,13,17H,11-12,14H2,1H3,(H,26,27)/t17-/m1/s1. The number of hydrogen-bond acceptors (Lipinski definition) is 4. The Morgan fingerprint density at radius 1 is 1.07 bits per heavy atom. The predicted octanol–water partition coefficient (Wildman–Crippen LogP) is 4.14. The number of carbonyl (C=O) groups is 1. The largest absolute Gasteiger partial charge is 0.478 e. The summed E-state index contributed by atoms with van der Waals surface area (Å²) in [5.74, 6) is 0.942. The topological polar surface area (TPSA) is 66.3 Å². The van der Waals surface area contributed by atoms with Gasteiger partial charge in [-0.3, -0.25) is 0 Å². The van der Waals surface area contributed by atoms with Gasteiger partial charge in [0, 0.05) is 36.3 Å². The summed E-state index contributed by atoms with van der Waals surface area (Å²) in [5.41, 5.74) is 3.22. The van der Waals surface area contributed by atoms with Gasteiger partial charge in [0.2, 0.25) is 0 Å². The molecule has 0 bridgehead atoms. The van der Waals surface area contributed by atoms with Crippen LogP contribution in [0, 0.1) is 6.92 Å². The molecule has 4 rings (SSSR count). The first-order valence-electron chi connectivity index (χ1n) is 9.10. The van der Waals surface area contributed by atoms with Gasteiger partial charge in [0.25, 0.3) is 0 Å². The summed E-state index contributed by atoms with van der Waals surface area (Å²) < 4.78 is 0. The van der Waals surface area contributed by atoms with Gasteiger partial charge in [0.1, 0.15) is 5.82 Å². The molecule has 3 aromatic rings. The van der Waals surface area contributed by atoms with Crippen LogP contribution in [0.3, 0.4) is 0 Å². The van der Waals surface area contributed by atoms with E-state index >= 15 is 0 Å². The molecule has 2 aromatic carbocycles. The molecular formula is C22H21N3O2. The van der Waals surface area contributed by atoms with Crippen LogP contribution >= 0.6 is 0 Å². The third kappa shape index (κ3) is 3.53. The third-order valence-corrected chi connectivity index (χ3v) is 5.02. The number of carboxylic acids is 1. The van der Waals surface area contributed by atoms with Gasteiger partial charge >= 0.3 is 5.97 Å². The summed E-state index contributed by atoms with van der Waals surface area (Å²) in [4.78, 5) is 23.1. The molecule has 0 spiro atoms. The number of anilines is 1. The van der Waals surface area contributed by atoms with E-state index in [1.54, 1.807) is 12.1 Å². The number of aromatic carboxylic acids is 1. The van der Waals surface area contributed by atoms with Crippen LogP contribution in [0.15, 0.2) is 60.7 Å². The Labute approximate surface area is 158 Å². The molecule has 1 atom stereocenters. The lowest BCUT2D eigenvalue weighted by atomic mass is 9.93. The lowest BCUT2D eigenvalue weighted by Gasteiger charge is -2.19. The number of benzene rings is 2. The van der Waals surface area contributed by atoms with Gasteiger partial charge in [-0.05, 0) is 25.0 Å². The monoisotopic (exact) mass is 359 g/mol. The highest BCUT2D eigenvalue weighted by Crippen LogP contribution is 2.32. The Kier molecular flexibility index (Phi) is 4.59. The van der Waals surface area contributed by atoms with E-state index in [2.05, 4.69) is 9.88 Å². The van der Waals surface area contributed by atoms with Crippen molar-refractivity contribution in [3.8, 4) is 11.4 Å². The van der Waals surface area contributed by atoms with Gasteiger partial charge in [-0.1, -0.05) is 48.5 Å². The molecule has 0 amide bonds. The Balaban J connectivity index is 1.61. The van der Waals surface area contributed by atoms with Crippen molar-refractivity contribution in [1.82, 2.24) is 9.97 Å². The van der Waals surface area contributed by atoms with Crippen molar-refractivity contribution >= 4 is 11.8 Å². The Bertz CT molecular complexity index is 972. The molecular weight excluding hydrogens is 338 g/mol. The molecule has 1 saturated heterocycles. The van der Waals surface area contributed by atoms with Gasteiger partial charge in [0.15, 0.2) is 5.82 Å². The summed E-state index contributed by atoms with van der Waals surface area (Å²) in [7, 11) is 0. The minimum atomic E-state index is -0.867. The van der Waals surface area contributed by atoms with E-state index in [9.17, 15) is 9.90 Å². The second-order valence-electron chi connectivity index (χ2n) is 6.88. The lowest BCUT2D eigenvalue weighted by Crippen LogP contribution is -2.21. The number of rotatable bonds is 4. The number of aromatic nitrogens is 2. The summed E-state index contributed by atoms with van der Waals surface area (Å²) >= 11 is 0. The molecule has 0 aliphatic carbocycles.